The monoisotopic (exact) mass is 329 g/mol. The third-order valence-electron chi connectivity index (χ3n) is 3.21. The van der Waals surface area contributed by atoms with Gasteiger partial charge in [0.2, 0.25) is 5.95 Å². The lowest BCUT2D eigenvalue weighted by atomic mass is 9.91. The Labute approximate surface area is 122 Å². The van der Waals surface area contributed by atoms with Gasteiger partial charge in [0.05, 0.1) is 4.47 Å². The van der Waals surface area contributed by atoms with Gasteiger partial charge in [-0.1, -0.05) is 19.8 Å². The number of nitrogens with one attached hydrogen (secondary N) is 1. The Morgan fingerprint density at radius 3 is 3.06 bits per heavy atom. The maximum Gasteiger partial charge on any atom is 0.223 e. The lowest BCUT2D eigenvalue weighted by molar-refractivity contribution is 0.394. The zero-order valence-electron chi connectivity index (χ0n) is 10.9. The van der Waals surface area contributed by atoms with Crippen LogP contribution in [0.5, 0.6) is 0 Å². The van der Waals surface area contributed by atoms with Crippen LogP contribution in [0, 0.1) is 5.92 Å². The van der Waals surface area contributed by atoms with Crippen LogP contribution in [0.15, 0.2) is 15.7 Å². The fourth-order valence-electron chi connectivity index (χ4n) is 2.32. The van der Waals surface area contributed by atoms with Gasteiger partial charge in [0, 0.05) is 18.0 Å². The highest BCUT2D eigenvalue weighted by Gasteiger charge is 2.21. The molecule has 0 bridgehead atoms. The molecule has 100 valence electrons. The van der Waals surface area contributed by atoms with E-state index >= 15 is 0 Å². The number of hydrogen-bond donors (Lipinski definition) is 1. The van der Waals surface area contributed by atoms with Crippen molar-refractivity contribution in [1.82, 2.24) is 9.97 Å². The van der Waals surface area contributed by atoms with Gasteiger partial charge in [-0.05, 0) is 41.6 Å². The number of nitrogens with zero attached hydrogens (tertiary/aromatic N) is 2. The van der Waals surface area contributed by atoms with Gasteiger partial charge < -0.3 is 5.32 Å². The van der Waals surface area contributed by atoms with Gasteiger partial charge in [-0.15, -0.1) is 11.8 Å². The molecule has 1 saturated carbocycles. The van der Waals surface area contributed by atoms with Crippen LogP contribution in [0.2, 0.25) is 0 Å². The first-order valence-electron chi connectivity index (χ1n) is 6.62. The molecule has 1 N–H and O–H groups in total. The van der Waals surface area contributed by atoms with E-state index < -0.39 is 0 Å². The molecule has 0 spiro atoms. The topological polar surface area (TPSA) is 37.8 Å². The van der Waals surface area contributed by atoms with Gasteiger partial charge in [-0.3, -0.25) is 0 Å². The van der Waals surface area contributed by atoms with Crippen LogP contribution >= 0.6 is 27.7 Å². The lowest BCUT2D eigenvalue weighted by Gasteiger charge is -2.26. The van der Waals surface area contributed by atoms with Crippen molar-refractivity contribution in [3.8, 4) is 0 Å². The van der Waals surface area contributed by atoms with Crippen LogP contribution in [0.3, 0.4) is 0 Å². The normalized spacial score (nSPS) is 23.9. The summed E-state index contributed by atoms with van der Waals surface area (Å²) >= 11 is 5.45. The van der Waals surface area contributed by atoms with E-state index in [4.69, 9.17) is 0 Å². The van der Waals surface area contributed by atoms with Gasteiger partial charge in [0.1, 0.15) is 5.03 Å². The molecule has 18 heavy (non-hydrogen) atoms. The molecule has 1 heterocycles. The van der Waals surface area contributed by atoms with E-state index in [-0.39, 0.29) is 0 Å². The third kappa shape index (κ3) is 3.85. The average molecular weight is 330 g/mol. The Morgan fingerprint density at radius 1 is 1.50 bits per heavy atom. The predicted molar refractivity (Wildman–Crippen MR) is 81.2 cm³/mol. The molecule has 0 aliphatic heterocycles. The Bertz CT molecular complexity index is 400. The number of anilines is 1. The van der Waals surface area contributed by atoms with E-state index in [1.807, 2.05) is 18.0 Å². The third-order valence-corrected chi connectivity index (χ3v) is 5.35. The molecule has 2 rings (SSSR count). The molecule has 0 amide bonds. The summed E-state index contributed by atoms with van der Waals surface area (Å²) < 4.78 is 1.01. The van der Waals surface area contributed by atoms with Gasteiger partial charge in [0.25, 0.3) is 0 Å². The summed E-state index contributed by atoms with van der Waals surface area (Å²) in [6, 6.07) is 0. The largest absolute Gasteiger partial charge is 0.354 e. The van der Waals surface area contributed by atoms with E-state index in [9.17, 15) is 0 Å². The summed E-state index contributed by atoms with van der Waals surface area (Å²) in [5.74, 6) is 1.58. The number of rotatable bonds is 4. The summed E-state index contributed by atoms with van der Waals surface area (Å²) in [4.78, 5) is 8.83. The second-order valence-corrected chi connectivity index (χ2v) is 7.03. The second kappa shape index (κ2) is 6.75. The number of halogens is 1. The first-order chi connectivity index (χ1) is 8.69. The Balaban J connectivity index is 2.05. The van der Waals surface area contributed by atoms with Crippen LogP contribution in [-0.2, 0) is 0 Å². The molecule has 0 saturated heterocycles. The highest BCUT2D eigenvalue weighted by molar-refractivity contribution is 9.10. The number of aromatic nitrogens is 2. The van der Waals surface area contributed by atoms with Crippen molar-refractivity contribution >= 4 is 33.6 Å². The van der Waals surface area contributed by atoms with Crippen molar-refractivity contribution in [2.45, 2.75) is 49.8 Å². The lowest BCUT2D eigenvalue weighted by Crippen LogP contribution is -2.15. The first-order valence-corrected chi connectivity index (χ1v) is 8.29. The van der Waals surface area contributed by atoms with E-state index in [1.165, 1.54) is 25.7 Å². The van der Waals surface area contributed by atoms with Crippen LogP contribution in [0.1, 0.15) is 39.5 Å². The minimum absolute atomic E-state index is 0.703. The van der Waals surface area contributed by atoms with Gasteiger partial charge >= 0.3 is 0 Å². The molecule has 0 radical (unpaired) electrons. The fourth-order valence-corrected chi connectivity index (χ4v) is 4.12. The zero-order chi connectivity index (χ0) is 13.0. The summed E-state index contributed by atoms with van der Waals surface area (Å²) in [7, 11) is 0. The molecule has 2 unspecified atom stereocenters. The summed E-state index contributed by atoms with van der Waals surface area (Å²) in [5, 5.41) is 4.94. The van der Waals surface area contributed by atoms with Crippen molar-refractivity contribution in [3.05, 3.63) is 10.7 Å². The molecule has 5 heteroatoms. The van der Waals surface area contributed by atoms with Gasteiger partial charge in [-0.25, -0.2) is 9.97 Å². The minimum Gasteiger partial charge on any atom is -0.354 e. The second-order valence-electron chi connectivity index (χ2n) is 4.89. The van der Waals surface area contributed by atoms with Crippen LogP contribution in [0.25, 0.3) is 0 Å². The quantitative estimate of drug-likeness (QED) is 0.833. The molecular weight excluding hydrogens is 310 g/mol. The van der Waals surface area contributed by atoms with Gasteiger partial charge in [-0.2, -0.15) is 0 Å². The van der Waals surface area contributed by atoms with Crippen molar-refractivity contribution in [3.63, 3.8) is 0 Å². The predicted octanol–water partition coefficient (Wildman–Crippen LogP) is 4.34. The Hall–Kier alpha value is -0.290. The number of hydrogen-bond acceptors (Lipinski definition) is 4. The average Bonchev–Trinajstić information content (AvgIpc) is 2.34. The molecule has 0 aromatic carbocycles. The van der Waals surface area contributed by atoms with Crippen molar-refractivity contribution in [2.75, 3.05) is 11.9 Å². The highest BCUT2D eigenvalue weighted by Crippen LogP contribution is 2.37. The fraction of sp³-hybridized carbons (Fsp3) is 0.692. The Kier molecular flexibility index (Phi) is 5.30. The summed E-state index contributed by atoms with van der Waals surface area (Å²) in [6.45, 7) is 5.26. The van der Waals surface area contributed by atoms with E-state index in [0.717, 1.165) is 27.9 Å². The molecule has 1 fully saturated rings. The molecular formula is C13H20BrN3S. The molecule has 1 aromatic rings. The molecule has 2 atom stereocenters. The van der Waals surface area contributed by atoms with Crippen LogP contribution < -0.4 is 5.32 Å². The Morgan fingerprint density at radius 2 is 2.33 bits per heavy atom. The zero-order valence-corrected chi connectivity index (χ0v) is 13.4. The molecule has 1 aliphatic carbocycles. The van der Waals surface area contributed by atoms with E-state index in [0.29, 0.717) is 5.25 Å². The summed E-state index contributed by atoms with van der Waals surface area (Å²) in [5.41, 5.74) is 0. The van der Waals surface area contributed by atoms with Gasteiger partial charge in [0.15, 0.2) is 0 Å². The van der Waals surface area contributed by atoms with E-state index in [1.54, 1.807) is 0 Å². The highest BCUT2D eigenvalue weighted by atomic mass is 79.9. The van der Waals surface area contributed by atoms with Crippen molar-refractivity contribution in [2.24, 2.45) is 5.92 Å². The smallest absolute Gasteiger partial charge is 0.223 e. The SMILES string of the molecule is CCNc1ncc(Br)c(SC2CCCC(C)C2)n1. The van der Waals surface area contributed by atoms with Crippen LogP contribution in [0.4, 0.5) is 5.95 Å². The summed E-state index contributed by atoms with van der Waals surface area (Å²) in [6.07, 6.45) is 7.19. The maximum atomic E-state index is 4.58. The first kappa shape index (κ1) is 14.1. The minimum atomic E-state index is 0.703. The van der Waals surface area contributed by atoms with E-state index in [2.05, 4.69) is 45.1 Å². The number of thioether (sulfide) groups is 1. The standard InChI is InChI=1S/C13H20BrN3S/c1-3-15-13-16-8-11(14)12(17-13)18-10-6-4-5-9(2)7-10/h8-10H,3-7H2,1-2H3,(H,15,16,17). The molecule has 1 aromatic heterocycles. The molecule has 3 nitrogen and oxygen atoms in total. The van der Waals surface area contributed by atoms with Crippen molar-refractivity contribution in [1.29, 1.82) is 0 Å². The van der Waals surface area contributed by atoms with Crippen LogP contribution in [-0.4, -0.2) is 21.8 Å². The molecule has 1 aliphatic rings. The van der Waals surface area contributed by atoms with Crippen molar-refractivity contribution < 1.29 is 0 Å². The maximum absolute atomic E-state index is 4.58.